The van der Waals surface area contributed by atoms with E-state index < -0.39 is 17.7 Å². The number of benzene rings is 2. The van der Waals surface area contributed by atoms with Crippen molar-refractivity contribution in [2.75, 3.05) is 16.8 Å². The lowest BCUT2D eigenvalue weighted by Gasteiger charge is -2.29. The van der Waals surface area contributed by atoms with Crippen LogP contribution < -0.4 is 15.0 Å². The van der Waals surface area contributed by atoms with Crippen LogP contribution in [0.3, 0.4) is 0 Å². The monoisotopic (exact) mass is 408 g/mol. The quantitative estimate of drug-likeness (QED) is 0.471. The van der Waals surface area contributed by atoms with Gasteiger partial charge in [0.1, 0.15) is 5.75 Å². The Kier molecular flexibility index (Phi) is 4.69. The zero-order valence-electron chi connectivity index (χ0n) is 16.7. The molecule has 2 heterocycles. The van der Waals surface area contributed by atoms with E-state index in [9.17, 15) is 14.4 Å². The summed E-state index contributed by atoms with van der Waals surface area (Å²) in [6.07, 6.45) is 1.20. The fourth-order valence-corrected chi connectivity index (χ4v) is 3.26. The fraction of sp³-hybridized carbons (Fsp3) is 0.227. The number of rotatable bonds is 3. The van der Waals surface area contributed by atoms with Gasteiger partial charge in [0.15, 0.2) is 11.3 Å². The van der Waals surface area contributed by atoms with Crippen molar-refractivity contribution in [3.8, 4) is 11.5 Å². The molecule has 1 N–H and O–H groups in total. The minimum atomic E-state index is -1.31. The number of ether oxygens (including phenoxy) is 3. The first-order valence-electron chi connectivity index (χ1n) is 9.45. The highest BCUT2D eigenvalue weighted by molar-refractivity contribution is 6.15. The van der Waals surface area contributed by atoms with Crippen LogP contribution in [0.1, 0.15) is 31.1 Å². The Morgan fingerprint density at radius 2 is 1.70 bits per heavy atom. The van der Waals surface area contributed by atoms with Gasteiger partial charge in [-0.2, -0.15) is 0 Å². The number of hydrogen-bond acceptors (Lipinski definition) is 7. The van der Waals surface area contributed by atoms with Gasteiger partial charge in [-0.1, -0.05) is 12.1 Å². The van der Waals surface area contributed by atoms with Gasteiger partial charge in [0.25, 0.3) is 11.7 Å². The Bertz CT molecular complexity index is 1070. The molecule has 2 aliphatic rings. The van der Waals surface area contributed by atoms with Gasteiger partial charge < -0.3 is 24.4 Å². The number of fused-ring (bicyclic) bond motifs is 2. The van der Waals surface area contributed by atoms with E-state index in [2.05, 4.69) is 5.32 Å². The molecule has 0 atom stereocenters. The van der Waals surface area contributed by atoms with Crippen molar-refractivity contribution in [1.29, 1.82) is 0 Å². The number of nitrogens with one attached hydrogen (secondary N) is 1. The predicted molar refractivity (Wildman–Crippen MR) is 108 cm³/mol. The number of esters is 2. The summed E-state index contributed by atoms with van der Waals surface area (Å²) < 4.78 is 16.1. The standard InChI is InChI=1S/C22H20N2O6/c1-4-24-16-7-5-6-8-18(16)28-17-10-9-13(11-14(17)19(24)25)23-12-15-20(26)29-22(2,3)30-21(15)27/h5-12,23H,4H2,1-3H3. The largest absolute Gasteiger partial charge is 0.454 e. The summed E-state index contributed by atoms with van der Waals surface area (Å²) in [5.41, 5.74) is 1.26. The van der Waals surface area contributed by atoms with Gasteiger partial charge in [-0.3, -0.25) is 4.79 Å². The summed E-state index contributed by atoms with van der Waals surface area (Å²) in [4.78, 5) is 38.9. The maximum atomic E-state index is 13.1. The summed E-state index contributed by atoms with van der Waals surface area (Å²) >= 11 is 0. The van der Waals surface area contributed by atoms with E-state index >= 15 is 0 Å². The van der Waals surface area contributed by atoms with Crippen LogP contribution in [0.15, 0.2) is 54.2 Å². The van der Waals surface area contributed by atoms with Crippen LogP contribution in [0.2, 0.25) is 0 Å². The maximum Gasteiger partial charge on any atom is 0.350 e. The molecule has 8 nitrogen and oxygen atoms in total. The molecule has 0 spiro atoms. The minimum Gasteiger partial charge on any atom is -0.454 e. The number of amides is 1. The normalized spacial score (nSPS) is 17.1. The van der Waals surface area contributed by atoms with E-state index in [1.54, 1.807) is 29.2 Å². The van der Waals surface area contributed by atoms with Crippen LogP contribution in [0.5, 0.6) is 11.5 Å². The Morgan fingerprint density at radius 3 is 2.40 bits per heavy atom. The number of carbonyl (C=O) groups is 3. The van der Waals surface area contributed by atoms with Crippen molar-refractivity contribution >= 4 is 29.2 Å². The Labute approximate surface area is 173 Å². The number of hydrogen-bond donors (Lipinski definition) is 1. The van der Waals surface area contributed by atoms with Gasteiger partial charge in [0.2, 0.25) is 0 Å². The highest BCUT2D eigenvalue weighted by atomic mass is 16.7. The van der Waals surface area contributed by atoms with E-state index in [4.69, 9.17) is 14.2 Å². The molecule has 0 saturated carbocycles. The topological polar surface area (TPSA) is 94.2 Å². The summed E-state index contributed by atoms with van der Waals surface area (Å²) in [5.74, 6) is -2.09. The van der Waals surface area contributed by atoms with Crippen LogP contribution in [-0.4, -0.2) is 30.2 Å². The van der Waals surface area contributed by atoms with Crippen molar-refractivity contribution in [3.63, 3.8) is 0 Å². The molecule has 2 aromatic rings. The van der Waals surface area contributed by atoms with Crippen molar-refractivity contribution in [2.24, 2.45) is 0 Å². The molecule has 4 rings (SSSR count). The molecule has 0 radical (unpaired) electrons. The van der Waals surface area contributed by atoms with Gasteiger partial charge in [-0.25, -0.2) is 9.59 Å². The maximum absolute atomic E-state index is 13.1. The van der Waals surface area contributed by atoms with Gasteiger partial charge in [0.05, 0.1) is 11.3 Å². The second-order valence-electron chi connectivity index (χ2n) is 7.21. The molecule has 8 heteroatoms. The number of carbonyl (C=O) groups excluding carboxylic acids is 3. The van der Waals surface area contributed by atoms with E-state index in [1.807, 2.05) is 25.1 Å². The third kappa shape index (κ3) is 3.47. The molecular formula is C22H20N2O6. The lowest BCUT2D eigenvalue weighted by atomic mass is 10.1. The zero-order chi connectivity index (χ0) is 21.5. The number of nitrogens with zero attached hydrogens (tertiary/aromatic N) is 1. The molecule has 0 aliphatic carbocycles. The third-order valence-corrected chi connectivity index (χ3v) is 4.65. The van der Waals surface area contributed by atoms with Gasteiger partial charge >= 0.3 is 11.9 Å². The lowest BCUT2D eigenvalue weighted by Crippen LogP contribution is -2.42. The van der Waals surface area contributed by atoms with Gasteiger partial charge in [0, 0.05) is 32.3 Å². The van der Waals surface area contributed by atoms with Crippen molar-refractivity contribution in [3.05, 3.63) is 59.8 Å². The van der Waals surface area contributed by atoms with Crippen LogP contribution in [-0.2, 0) is 19.1 Å². The summed E-state index contributed by atoms with van der Waals surface area (Å²) in [5, 5.41) is 2.86. The van der Waals surface area contributed by atoms with Crippen molar-refractivity contribution in [2.45, 2.75) is 26.6 Å². The van der Waals surface area contributed by atoms with Crippen molar-refractivity contribution in [1.82, 2.24) is 0 Å². The third-order valence-electron chi connectivity index (χ3n) is 4.65. The molecule has 1 amide bonds. The van der Waals surface area contributed by atoms with Crippen LogP contribution in [0, 0.1) is 0 Å². The SMILES string of the molecule is CCN1C(=O)c2cc(NC=C3C(=O)OC(C)(C)OC3=O)ccc2Oc2ccccc21. The zero-order valence-corrected chi connectivity index (χ0v) is 16.7. The van der Waals surface area contributed by atoms with Crippen LogP contribution in [0.4, 0.5) is 11.4 Å². The summed E-state index contributed by atoms with van der Waals surface area (Å²) in [6.45, 7) is 5.30. The highest BCUT2D eigenvalue weighted by Crippen LogP contribution is 2.39. The summed E-state index contributed by atoms with van der Waals surface area (Å²) in [7, 11) is 0. The molecule has 0 bridgehead atoms. The van der Waals surface area contributed by atoms with Crippen LogP contribution >= 0.6 is 0 Å². The Morgan fingerprint density at radius 1 is 1.00 bits per heavy atom. The second-order valence-corrected chi connectivity index (χ2v) is 7.21. The fourth-order valence-electron chi connectivity index (χ4n) is 3.26. The Balaban J connectivity index is 1.64. The van der Waals surface area contributed by atoms with E-state index in [0.29, 0.717) is 35.0 Å². The number of para-hydroxylation sites is 2. The molecule has 1 saturated heterocycles. The smallest absolute Gasteiger partial charge is 0.350 e. The average Bonchev–Trinajstić information content (AvgIpc) is 2.80. The first-order valence-corrected chi connectivity index (χ1v) is 9.45. The van der Waals surface area contributed by atoms with E-state index in [-0.39, 0.29) is 11.5 Å². The first-order chi connectivity index (χ1) is 14.3. The molecule has 0 unspecified atom stereocenters. The average molecular weight is 408 g/mol. The molecule has 30 heavy (non-hydrogen) atoms. The van der Waals surface area contributed by atoms with Gasteiger partial charge in [-0.05, 0) is 37.3 Å². The van der Waals surface area contributed by atoms with E-state index in [0.717, 1.165) is 0 Å². The molecule has 154 valence electrons. The van der Waals surface area contributed by atoms with Gasteiger partial charge in [-0.15, -0.1) is 0 Å². The minimum absolute atomic E-state index is 0.216. The van der Waals surface area contributed by atoms with E-state index in [1.165, 1.54) is 20.0 Å². The summed E-state index contributed by atoms with van der Waals surface area (Å²) in [6, 6.07) is 12.3. The molecule has 2 aromatic carbocycles. The van der Waals surface area contributed by atoms with Crippen LogP contribution in [0.25, 0.3) is 0 Å². The number of cyclic esters (lactones) is 2. The van der Waals surface area contributed by atoms with Crippen molar-refractivity contribution < 1.29 is 28.6 Å². The lowest BCUT2D eigenvalue weighted by molar-refractivity contribution is -0.222. The Hall–Kier alpha value is -3.81. The first kappa shape index (κ1) is 19.5. The second kappa shape index (κ2) is 7.22. The molecular weight excluding hydrogens is 388 g/mol. The molecule has 0 aromatic heterocycles. The predicted octanol–water partition coefficient (Wildman–Crippen LogP) is 3.59. The number of anilines is 2. The highest BCUT2D eigenvalue weighted by Gasteiger charge is 2.39. The molecule has 1 fully saturated rings. The molecule has 2 aliphatic heterocycles.